The van der Waals surface area contributed by atoms with E-state index < -0.39 is 0 Å². The second kappa shape index (κ2) is 6.48. The van der Waals surface area contributed by atoms with E-state index in [1.165, 1.54) is 24.1 Å². The Labute approximate surface area is 127 Å². The van der Waals surface area contributed by atoms with Gasteiger partial charge < -0.3 is 14.5 Å². The van der Waals surface area contributed by atoms with Crippen LogP contribution >= 0.6 is 0 Å². The van der Waals surface area contributed by atoms with Crippen molar-refractivity contribution in [2.24, 2.45) is 5.92 Å². The van der Waals surface area contributed by atoms with E-state index >= 15 is 0 Å². The molecule has 21 heavy (non-hydrogen) atoms. The van der Waals surface area contributed by atoms with Crippen LogP contribution in [0.15, 0.2) is 31.0 Å². The number of aromatic nitrogens is 3. The van der Waals surface area contributed by atoms with Gasteiger partial charge in [0.05, 0.1) is 18.6 Å². The number of hydrogen-bond acceptors (Lipinski definition) is 2. The van der Waals surface area contributed by atoms with Gasteiger partial charge in [-0.1, -0.05) is 13.8 Å². The number of nitrogens with one attached hydrogen (secondary N) is 1. The third kappa shape index (κ3) is 3.38. The van der Waals surface area contributed by atoms with Gasteiger partial charge in [0.2, 0.25) is 0 Å². The molecule has 1 aliphatic rings. The van der Waals surface area contributed by atoms with Crippen LogP contribution in [0.4, 0.5) is 0 Å². The summed E-state index contributed by atoms with van der Waals surface area (Å²) >= 11 is 0. The van der Waals surface area contributed by atoms with E-state index in [0.29, 0.717) is 6.04 Å². The normalized spacial score (nSPS) is 16.3. The van der Waals surface area contributed by atoms with Gasteiger partial charge >= 0.3 is 0 Å². The van der Waals surface area contributed by atoms with Crippen molar-refractivity contribution in [3.8, 4) is 0 Å². The van der Waals surface area contributed by atoms with Crippen molar-refractivity contribution < 1.29 is 0 Å². The monoisotopic (exact) mass is 286 g/mol. The molecular formula is C17H26N4. The van der Waals surface area contributed by atoms with Crippen LogP contribution in [0.1, 0.15) is 50.4 Å². The van der Waals surface area contributed by atoms with Gasteiger partial charge in [0, 0.05) is 31.2 Å². The molecule has 4 nitrogen and oxygen atoms in total. The average molecular weight is 286 g/mol. The first-order valence-corrected chi connectivity index (χ1v) is 8.19. The maximum absolute atomic E-state index is 4.28. The van der Waals surface area contributed by atoms with Gasteiger partial charge in [-0.05, 0) is 43.4 Å². The Morgan fingerprint density at radius 2 is 2.24 bits per heavy atom. The first-order valence-electron chi connectivity index (χ1n) is 8.19. The lowest BCUT2D eigenvalue weighted by molar-refractivity contribution is 0.495. The Hall–Kier alpha value is -1.55. The Bertz CT molecular complexity index is 565. The summed E-state index contributed by atoms with van der Waals surface area (Å²) in [6, 6.07) is 2.81. The largest absolute Gasteiger partial charge is 0.348 e. The van der Waals surface area contributed by atoms with E-state index in [0.717, 1.165) is 32.0 Å². The molecule has 0 aromatic carbocycles. The van der Waals surface area contributed by atoms with Crippen molar-refractivity contribution >= 4 is 0 Å². The second-order valence-corrected chi connectivity index (χ2v) is 6.07. The highest BCUT2D eigenvalue weighted by Gasteiger charge is 2.32. The third-order valence-electron chi connectivity index (χ3n) is 4.26. The van der Waals surface area contributed by atoms with Crippen LogP contribution in [0.25, 0.3) is 0 Å². The molecule has 1 atom stereocenters. The SMILES string of the molecule is CCCn1cncc1Cn1ccc(C(NCC)C2CC2)c1. The highest BCUT2D eigenvalue weighted by molar-refractivity contribution is 5.19. The van der Waals surface area contributed by atoms with Crippen LogP contribution in [-0.4, -0.2) is 20.7 Å². The minimum absolute atomic E-state index is 0.539. The molecule has 1 unspecified atom stereocenters. The lowest BCUT2D eigenvalue weighted by Gasteiger charge is -2.15. The van der Waals surface area contributed by atoms with Gasteiger partial charge in [-0.15, -0.1) is 0 Å². The van der Waals surface area contributed by atoms with Crippen molar-refractivity contribution in [2.45, 2.75) is 52.2 Å². The molecule has 2 heterocycles. The number of imidazole rings is 1. The highest BCUT2D eigenvalue weighted by Crippen LogP contribution is 2.41. The summed E-state index contributed by atoms with van der Waals surface area (Å²) in [5.41, 5.74) is 2.71. The van der Waals surface area contributed by atoms with E-state index in [2.05, 4.69) is 51.7 Å². The zero-order chi connectivity index (χ0) is 14.7. The predicted octanol–water partition coefficient (Wildman–Crippen LogP) is 3.20. The summed E-state index contributed by atoms with van der Waals surface area (Å²) in [5.74, 6) is 0.839. The van der Waals surface area contributed by atoms with Crippen LogP contribution in [0.2, 0.25) is 0 Å². The molecule has 114 valence electrons. The molecule has 0 radical (unpaired) electrons. The molecular weight excluding hydrogens is 260 g/mol. The van der Waals surface area contributed by atoms with E-state index in [9.17, 15) is 0 Å². The van der Waals surface area contributed by atoms with Crippen LogP contribution < -0.4 is 5.32 Å². The third-order valence-corrected chi connectivity index (χ3v) is 4.26. The molecule has 0 saturated heterocycles. The fourth-order valence-corrected chi connectivity index (χ4v) is 3.06. The van der Waals surface area contributed by atoms with Crippen molar-refractivity contribution in [2.75, 3.05) is 6.54 Å². The fourth-order valence-electron chi connectivity index (χ4n) is 3.06. The number of hydrogen-bond donors (Lipinski definition) is 1. The average Bonchev–Trinajstić information content (AvgIpc) is 3.07. The summed E-state index contributed by atoms with van der Waals surface area (Å²) in [6.07, 6.45) is 12.3. The molecule has 2 aromatic heterocycles. The molecule has 4 heteroatoms. The molecule has 1 N–H and O–H groups in total. The molecule has 3 rings (SSSR count). The molecule has 0 aliphatic heterocycles. The molecule has 0 bridgehead atoms. The van der Waals surface area contributed by atoms with Gasteiger partial charge in [0.1, 0.15) is 0 Å². The van der Waals surface area contributed by atoms with E-state index in [4.69, 9.17) is 0 Å². The van der Waals surface area contributed by atoms with Crippen LogP contribution in [-0.2, 0) is 13.1 Å². The maximum atomic E-state index is 4.28. The van der Waals surface area contributed by atoms with Crippen molar-refractivity contribution in [3.63, 3.8) is 0 Å². The molecule has 1 saturated carbocycles. The van der Waals surface area contributed by atoms with Gasteiger partial charge in [-0.3, -0.25) is 0 Å². The molecule has 1 fully saturated rings. The zero-order valence-corrected chi connectivity index (χ0v) is 13.1. The molecule has 1 aliphatic carbocycles. The Kier molecular flexibility index (Phi) is 4.44. The Balaban J connectivity index is 1.70. The first kappa shape index (κ1) is 14.4. The van der Waals surface area contributed by atoms with Gasteiger partial charge in [0.25, 0.3) is 0 Å². The van der Waals surface area contributed by atoms with Gasteiger partial charge in [-0.2, -0.15) is 0 Å². The summed E-state index contributed by atoms with van der Waals surface area (Å²) in [5, 5.41) is 3.63. The zero-order valence-electron chi connectivity index (χ0n) is 13.1. The fraction of sp³-hybridized carbons (Fsp3) is 0.588. The summed E-state index contributed by atoms with van der Waals surface area (Å²) < 4.78 is 4.54. The molecule has 2 aromatic rings. The van der Waals surface area contributed by atoms with Crippen molar-refractivity contribution in [3.05, 3.63) is 42.2 Å². The quantitative estimate of drug-likeness (QED) is 0.808. The first-order chi connectivity index (χ1) is 10.3. The van der Waals surface area contributed by atoms with Crippen molar-refractivity contribution in [1.29, 1.82) is 0 Å². The minimum Gasteiger partial charge on any atom is -0.348 e. The highest BCUT2D eigenvalue weighted by atomic mass is 15.1. The van der Waals surface area contributed by atoms with Gasteiger partial charge in [0.15, 0.2) is 0 Å². The maximum Gasteiger partial charge on any atom is 0.0948 e. The minimum atomic E-state index is 0.539. The Morgan fingerprint density at radius 1 is 1.38 bits per heavy atom. The van der Waals surface area contributed by atoms with E-state index in [-0.39, 0.29) is 0 Å². The van der Waals surface area contributed by atoms with Crippen molar-refractivity contribution in [1.82, 2.24) is 19.4 Å². The Morgan fingerprint density at radius 3 is 2.95 bits per heavy atom. The summed E-state index contributed by atoms with van der Waals surface area (Å²) in [7, 11) is 0. The lowest BCUT2D eigenvalue weighted by atomic mass is 10.1. The molecule has 0 amide bonds. The summed E-state index contributed by atoms with van der Waals surface area (Å²) in [6.45, 7) is 7.38. The second-order valence-electron chi connectivity index (χ2n) is 6.07. The smallest absolute Gasteiger partial charge is 0.0948 e. The van der Waals surface area contributed by atoms with Gasteiger partial charge in [-0.25, -0.2) is 4.98 Å². The standard InChI is InChI=1S/C17H26N4/c1-3-8-21-13-18-10-16(21)12-20-9-7-15(11-20)17(19-4-2)14-5-6-14/h7,9-11,13-14,17,19H,3-6,8,12H2,1-2H3. The van der Waals surface area contributed by atoms with Crippen LogP contribution in [0.5, 0.6) is 0 Å². The number of rotatable bonds is 8. The predicted molar refractivity (Wildman–Crippen MR) is 85.2 cm³/mol. The van der Waals surface area contributed by atoms with Crippen LogP contribution in [0, 0.1) is 5.92 Å². The summed E-state index contributed by atoms with van der Waals surface area (Å²) in [4.78, 5) is 4.28. The van der Waals surface area contributed by atoms with E-state index in [1.807, 2.05) is 12.5 Å². The molecule has 0 spiro atoms. The number of nitrogens with zero attached hydrogens (tertiary/aromatic N) is 3. The van der Waals surface area contributed by atoms with Crippen LogP contribution in [0.3, 0.4) is 0 Å². The topological polar surface area (TPSA) is 34.8 Å². The number of aryl methyl sites for hydroxylation is 1. The van der Waals surface area contributed by atoms with E-state index in [1.54, 1.807) is 0 Å². The lowest BCUT2D eigenvalue weighted by Crippen LogP contribution is -2.22.